The van der Waals surface area contributed by atoms with Gasteiger partial charge in [0.15, 0.2) is 0 Å². The van der Waals surface area contributed by atoms with Gasteiger partial charge >= 0.3 is 0 Å². The van der Waals surface area contributed by atoms with E-state index in [1.807, 2.05) is 38.1 Å². The van der Waals surface area contributed by atoms with E-state index < -0.39 is 29.1 Å². The van der Waals surface area contributed by atoms with Crippen LogP contribution in [0.25, 0.3) is 20.7 Å². The number of hydrogen-bond acceptors (Lipinski definition) is 7. The van der Waals surface area contributed by atoms with Crippen LogP contribution in [0, 0.1) is 36.0 Å². The van der Waals surface area contributed by atoms with Crippen LogP contribution in [0.5, 0.6) is 5.75 Å². The number of thiophene rings is 1. The Balaban J connectivity index is 1.25. The maximum absolute atomic E-state index is 14.8. The van der Waals surface area contributed by atoms with Crippen LogP contribution in [0.4, 0.5) is 5.82 Å². The predicted molar refractivity (Wildman–Crippen MR) is 174 cm³/mol. The highest BCUT2D eigenvalue weighted by atomic mass is 35.5. The summed E-state index contributed by atoms with van der Waals surface area (Å²) in [6.07, 6.45) is 2.71. The number of phenols is 1. The van der Waals surface area contributed by atoms with E-state index in [2.05, 4.69) is 0 Å². The first-order valence-corrected chi connectivity index (χ1v) is 16.5. The third-order valence-electron chi connectivity index (χ3n) is 10.9. The highest BCUT2D eigenvalue weighted by Crippen LogP contribution is 2.63. The summed E-state index contributed by atoms with van der Waals surface area (Å²) in [4.78, 5) is 59.2. The lowest BCUT2D eigenvalue weighted by Crippen LogP contribution is -2.48. The molecule has 0 radical (unpaired) electrons. The van der Waals surface area contributed by atoms with Crippen LogP contribution >= 0.6 is 22.9 Å². The topological polar surface area (TPSA) is 113 Å². The number of benzene rings is 2. The molecular weight excluding hydrogens is 624 g/mol. The number of carbonyl (C=O) groups is 4. The Bertz CT molecular complexity index is 2060. The molecule has 9 nitrogen and oxygen atoms in total. The summed E-state index contributed by atoms with van der Waals surface area (Å²) in [5.74, 6) is -3.32. The number of halogens is 1. The average Bonchev–Trinajstić information content (AvgIpc) is 3.69. The lowest BCUT2D eigenvalue weighted by atomic mass is 9.51. The minimum Gasteiger partial charge on any atom is -0.508 e. The van der Waals surface area contributed by atoms with Crippen molar-refractivity contribution in [1.29, 1.82) is 0 Å². The van der Waals surface area contributed by atoms with Crippen molar-refractivity contribution in [3.05, 3.63) is 76.3 Å². The van der Waals surface area contributed by atoms with Gasteiger partial charge in [0.05, 0.1) is 28.0 Å². The molecule has 46 heavy (non-hydrogen) atoms. The van der Waals surface area contributed by atoms with E-state index in [4.69, 9.17) is 16.7 Å². The Labute approximate surface area is 274 Å². The van der Waals surface area contributed by atoms with Crippen molar-refractivity contribution in [2.24, 2.45) is 36.1 Å². The first-order valence-electron chi connectivity index (χ1n) is 15.3. The van der Waals surface area contributed by atoms with Gasteiger partial charge in [0.2, 0.25) is 23.6 Å². The van der Waals surface area contributed by atoms with E-state index >= 15 is 0 Å². The minimum absolute atomic E-state index is 0.0883. The Morgan fingerprint density at radius 3 is 2.46 bits per heavy atom. The molecule has 6 atom stereocenters. The van der Waals surface area contributed by atoms with Crippen LogP contribution in [0.3, 0.4) is 0 Å². The second-order valence-corrected chi connectivity index (χ2v) is 14.7. The number of nitrogens with zero attached hydrogens (tertiary/aromatic N) is 4. The van der Waals surface area contributed by atoms with E-state index in [0.717, 1.165) is 31.7 Å². The molecule has 4 aromatic rings. The fourth-order valence-corrected chi connectivity index (χ4v) is 9.97. The van der Waals surface area contributed by atoms with Crippen LogP contribution in [0.2, 0.25) is 5.02 Å². The number of imide groups is 2. The molecule has 4 amide bonds. The van der Waals surface area contributed by atoms with Gasteiger partial charge in [-0.15, -0.1) is 11.3 Å². The molecule has 2 aromatic heterocycles. The normalized spacial score (nSPS) is 29.0. The van der Waals surface area contributed by atoms with Gasteiger partial charge in [-0.3, -0.25) is 28.8 Å². The van der Waals surface area contributed by atoms with Gasteiger partial charge in [0.25, 0.3) is 0 Å². The van der Waals surface area contributed by atoms with E-state index in [1.54, 1.807) is 53.4 Å². The van der Waals surface area contributed by atoms with Gasteiger partial charge in [-0.1, -0.05) is 35.4 Å². The third-order valence-corrected chi connectivity index (χ3v) is 12.5. The SMILES string of the molecule is Cc1c(-c2cc(N3C(=O)[C@@H]4C[C@@H]5C(=CC[C@@H]6C(=O)N(C)C(=O)[C@@H]65)[C@H](c5ccc(O)cc5)[C@]4(C)C3=O)n(C)n2)sc2ccc(Cl)cc12. The van der Waals surface area contributed by atoms with E-state index in [1.165, 1.54) is 16.8 Å². The number of carbonyl (C=O) groups excluding carboxylic acids is 4. The van der Waals surface area contributed by atoms with Crippen molar-refractivity contribution in [3.8, 4) is 16.3 Å². The highest BCUT2D eigenvalue weighted by Gasteiger charge is 2.67. The van der Waals surface area contributed by atoms with Gasteiger partial charge in [0, 0.05) is 35.8 Å². The van der Waals surface area contributed by atoms with Crippen LogP contribution in [-0.2, 0) is 26.2 Å². The zero-order chi connectivity index (χ0) is 32.4. The summed E-state index contributed by atoms with van der Waals surface area (Å²) < 4.78 is 2.64. The number of aryl methyl sites for hydroxylation is 2. The monoisotopic (exact) mass is 654 g/mol. The fraction of sp³-hybridized carbons (Fsp3) is 0.343. The Morgan fingerprint density at radius 2 is 1.72 bits per heavy atom. The molecular formula is C35H31ClN4O5S. The summed E-state index contributed by atoms with van der Waals surface area (Å²) in [7, 11) is 3.25. The number of fused-ring (bicyclic) bond motifs is 5. The number of aromatic hydroxyl groups is 1. The molecule has 0 unspecified atom stereocenters. The number of likely N-dealkylation sites (tertiary alicyclic amines) is 1. The van der Waals surface area contributed by atoms with Crippen LogP contribution < -0.4 is 4.90 Å². The standard InChI is InChI=1S/C35H31ClN4O5S/c1-16-22-13-18(36)7-12-26(22)46-30(16)25-15-27(39(4)37-25)40-32(43)24-14-23-20(10-11-21-28(23)33(44)38(3)31(21)42)29(35(24,2)34(40)45)17-5-8-19(41)9-6-17/h5-10,12-13,15,21,23-24,28-29,41H,11,14H2,1-4H3/t21-,23+,24-,28-,29-,35+/m0/s1. The maximum atomic E-state index is 14.8. The van der Waals surface area contributed by atoms with Crippen molar-refractivity contribution in [2.75, 3.05) is 11.9 Å². The first-order chi connectivity index (χ1) is 21.9. The van der Waals surface area contributed by atoms with Crippen molar-refractivity contribution >= 4 is 62.5 Å². The Morgan fingerprint density at radius 1 is 0.978 bits per heavy atom. The van der Waals surface area contributed by atoms with Gasteiger partial charge < -0.3 is 5.11 Å². The molecule has 2 saturated heterocycles. The number of amides is 4. The quantitative estimate of drug-likeness (QED) is 0.220. The molecule has 0 bridgehead atoms. The molecule has 2 aliphatic heterocycles. The third kappa shape index (κ3) is 3.77. The van der Waals surface area contributed by atoms with Crippen molar-refractivity contribution in [2.45, 2.75) is 32.6 Å². The molecule has 1 N–H and O–H groups in total. The second kappa shape index (κ2) is 9.86. The van der Waals surface area contributed by atoms with E-state index in [0.29, 0.717) is 23.0 Å². The van der Waals surface area contributed by atoms with Crippen LogP contribution in [0.1, 0.15) is 36.8 Å². The summed E-state index contributed by atoms with van der Waals surface area (Å²) >= 11 is 7.86. The summed E-state index contributed by atoms with van der Waals surface area (Å²) in [5.41, 5.74) is 2.19. The number of phenolic OH excluding ortho intramolecular Hbond substituents is 1. The minimum atomic E-state index is -1.17. The first kappa shape index (κ1) is 29.1. The lowest BCUT2D eigenvalue weighted by Gasteiger charge is -2.49. The molecule has 3 fully saturated rings. The molecule has 4 heterocycles. The smallest absolute Gasteiger partial charge is 0.242 e. The fourth-order valence-electron chi connectivity index (χ4n) is 8.65. The molecule has 8 rings (SSSR count). The van der Waals surface area contributed by atoms with Crippen molar-refractivity contribution in [1.82, 2.24) is 14.7 Å². The lowest BCUT2D eigenvalue weighted by molar-refractivity contribution is -0.138. The zero-order valence-electron chi connectivity index (χ0n) is 25.7. The second-order valence-electron chi connectivity index (χ2n) is 13.2. The molecule has 2 aliphatic carbocycles. The van der Waals surface area contributed by atoms with Crippen molar-refractivity contribution < 1.29 is 24.3 Å². The summed E-state index contributed by atoms with van der Waals surface area (Å²) in [6, 6.07) is 14.3. The number of hydrogen-bond donors (Lipinski definition) is 1. The molecule has 234 valence electrons. The average molecular weight is 655 g/mol. The molecule has 0 spiro atoms. The van der Waals surface area contributed by atoms with Gasteiger partial charge in [0.1, 0.15) is 17.3 Å². The zero-order valence-corrected chi connectivity index (χ0v) is 27.2. The molecule has 11 heteroatoms. The summed E-state index contributed by atoms with van der Waals surface area (Å²) in [5, 5.41) is 16.5. The summed E-state index contributed by atoms with van der Waals surface area (Å²) in [6.45, 7) is 3.86. The Kier molecular flexibility index (Phi) is 6.25. The number of aromatic nitrogens is 2. The molecule has 4 aliphatic rings. The maximum Gasteiger partial charge on any atom is 0.242 e. The number of anilines is 1. The molecule has 1 saturated carbocycles. The van der Waals surface area contributed by atoms with Gasteiger partial charge in [-0.05, 0) is 79.5 Å². The number of allylic oxidation sites excluding steroid dienone is 2. The Hall–Kier alpha value is -4.28. The number of rotatable bonds is 3. The van der Waals surface area contributed by atoms with E-state index in [9.17, 15) is 24.3 Å². The van der Waals surface area contributed by atoms with Crippen LogP contribution in [-0.4, -0.2) is 50.5 Å². The van der Waals surface area contributed by atoms with Crippen LogP contribution in [0.15, 0.2) is 60.2 Å². The predicted octanol–water partition coefficient (Wildman–Crippen LogP) is 5.83. The van der Waals surface area contributed by atoms with Crippen molar-refractivity contribution in [3.63, 3.8) is 0 Å². The largest absolute Gasteiger partial charge is 0.508 e. The van der Waals surface area contributed by atoms with Gasteiger partial charge in [-0.25, -0.2) is 4.90 Å². The van der Waals surface area contributed by atoms with E-state index in [-0.39, 0.29) is 41.7 Å². The van der Waals surface area contributed by atoms with Gasteiger partial charge in [-0.2, -0.15) is 5.10 Å². The highest BCUT2D eigenvalue weighted by molar-refractivity contribution is 7.22. The molecule has 2 aromatic carbocycles.